The fourth-order valence-corrected chi connectivity index (χ4v) is 3.06. The van der Waals surface area contributed by atoms with Gasteiger partial charge in [-0.05, 0) is 39.2 Å². The molecule has 0 radical (unpaired) electrons. The Morgan fingerprint density at radius 1 is 1.33 bits per heavy atom. The average molecular weight is 276 g/mol. The van der Waals surface area contributed by atoms with Gasteiger partial charge in [0.15, 0.2) is 9.84 Å². The van der Waals surface area contributed by atoms with Crippen LogP contribution in [0.25, 0.3) is 0 Å². The molecule has 1 aliphatic rings. The molecule has 5 nitrogen and oxygen atoms in total. The molecule has 1 fully saturated rings. The molecule has 3 N–H and O–H groups in total. The summed E-state index contributed by atoms with van der Waals surface area (Å²) in [5.74, 6) is -0.531. The lowest BCUT2D eigenvalue weighted by Crippen LogP contribution is -2.46. The first-order valence-corrected chi connectivity index (χ1v) is 8.29. The van der Waals surface area contributed by atoms with Crippen molar-refractivity contribution in [1.82, 2.24) is 5.32 Å². The molecule has 0 heterocycles. The molecule has 0 saturated heterocycles. The van der Waals surface area contributed by atoms with E-state index < -0.39 is 26.7 Å². The molecule has 0 spiro atoms. The van der Waals surface area contributed by atoms with Gasteiger partial charge in [0.05, 0.1) is 5.25 Å². The number of carbonyl (C=O) groups is 1. The van der Waals surface area contributed by atoms with Crippen molar-refractivity contribution < 1.29 is 13.2 Å². The Balaban J connectivity index is 2.54. The van der Waals surface area contributed by atoms with Crippen LogP contribution in [0.15, 0.2) is 0 Å². The van der Waals surface area contributed by atoms with Crippen molar-refractivity contribution in [2.75, 3.05) is 12.3 Å². The molecule has 2 atom stereocenters. The van der Waals surface area contributed by atoms with Crippen molar-refractivity contribution in [3.63, 3.8) is 0 Å². The van der Waals surface area contributed by atoms with E-state index in [0.717, 1.165) is 25.7 Å². The van der Waals surface area contributed by atoms with Gasteiger partial charge in [-0.15, -0.1) is 0 Å². The molecule has 1 amide bonds. The zero-order chi connectivity index (χ0) is 13.8. The van der Waals surface area contributed by atoms with Gasteiger partial charge in [0.2, 0.25) is 5.91 Å². The summed E-state index contributed by atoms with van der Waals surface area (Å²) in [5.41, 5.74) is 5.68. The van der Waals surface area contributed by atoms with Crippen LogP contribution in [0.2, 0.25) is 0 Å². The Bertz CT molecular complexity index is 379. The van der Waals surface area contributed by atoms with Gasteiger partial charge in [-0.25, -0.2) is 8.42 Å². The highest BCUT2D eigenvalue weighted by atomic mass is 32.2. The number of hydrogen-bond donors (Lipinski definition) is 2. The Morgan fingerprint density at radius 3 is 2.50 bits per heavy atom. The summed E-state index contributed by atoms with van der Waals surface area (Å²) in [7, 11) is -3.32. The highest BCUT2D eigenvalue weighted by molar-refractivity contribution is 7.92. The van der Waals surface area contributed by atoms with Gasteiger partial charge in [-0.1, -0.05) is 12.8 Å². The first-order valence-electron chi connectivity index (χ1n) is 6.58. The Kier molecular flexibility index (Phi) is 5.59. The minimum absolute atomic E-state index is 0.0404. The standard InChI is InChI=1S/C12H24N2O3S/c1-9(2)18(16,17)8-12(15)14-11-6-4-3-5-10(11)7-13/h9-11H,3-8,13H2,1-2H3,(H,14,15). The zero-order valence-electron chi connectivity index (χ0n) is 11.2. The van der Waals surface area contributed by atoms with E-state index in [0.29, 0.717) is 6.54 Å². The van der Waals surface area contributed by atoms with Crippen LogP contribution < -0.4 is 11.1 Å². The molecular formula is C12H24N2O3S. The third-order valence-corrected chi connectivity index (χ3v) is 5.71. The summed E-state index contributed by atoms with van der Waals surface area (Å²) in [4.78, 5) is 11.8. The molecule has 1 rings (SSSR count). The monoisotopic (exact) mass is 276 g/mol. The lowest BCUT2D eigenvalue weighted by molar-refractivity contribution is -0.119. The molecule has 6 heteroatoms. The second kappa shape index (κ2) is 6.52. The van der Waals surface area contributed by atoms with E-state index in [9.17, 15) is 13.2 Å². The van der Waals surface area contributed by atoms with Crippen molar-refractivity contribution in [3.8, 4) is 0 Å². The van der Waals surface area contributed by atoms with Crippen LogP contribution in [0.5, 0.6) is 0 Å². The molecule has 1 aliphatic carbocycles. The highest BCUT2D eigenvalue weighted by Crippen LogP contribution is 2.23. The minimum Gasteiger partial charge on any atom is -0.352 e. The van der Waals surface area contributed by atoms with E-state index in [2.05, 4.69) is 5.32 Å². The van der Waals surface area contributed by atoms with Gasteiger partial charge < -0.3 is 11.1 Å². The fraction of sp³-hybridized carbons (Fsp3) is 0.917. The van der Waals surface area contributed by atoms with E-state index in [-0.39, 0.29) is 12.0 Å². The first kappa shape index (κ1) is 15.4. The molecule has 106 valence electrons. The highest BCUT2D eigenvalue weighted by Gasteiger charge is 2.27. The van der Waals surface area contributed by atoms with E-state index in [4.69, 9.17) is 5.73 Å². The minimum atomic E-state index is -3.32. The second-order valence-corrected chi connectivity index (χ2v) is 7.87. The van der Waals surface area contributed by atoms with E-state index >= 15 is 0 Å². The lowest BCUT2D eigenvalue weighted by atomic mass is 9.84. The van der Waals surface area contributed by atoms with Crippen molar-refractivity contribution in [2.24, 2.45) is 11.7 Å². The van der Waals surface area contributed by atoms with Crippen LogP contribution in [-0.2, 0) is 14.6 Å². The predicted molar refractivity (Wildman–Crippen MR) is 71.9 cm³/mol. The number of nitrogens with two attached hydrogens (primary N) is 1. The van der Waals surface area contributed by atoms with Crippen molar-refractivity contribution in [2.45, 2.75) is 50.8 Å². The van der Waals surface area contributed by atoms with Crippen LogP contribution >= 0.6 is 0 Å². The van der Waals surface area contributed by atoms with Gasteiger partial charge in [0.25, 0.3) is 0 Å². The van der Waals surface area contributed by atoms with Crippen molar-refractivity contribution in [1.29, 1.82) is 0 Å². The van der Waals surface area contributed by atoms with Crippen LogP contribution in [0.1, 0.15) is 39.5 Å². The van der Waals surface area contributed by atoms with E-state index in [1.165, 1.54) is 0 Å². The predicted octanol–water partition coefficient (Wildman–Crippen LogP) is 0.443. The summed E-state index contributed by atoms with van der Waals surface area (Å²) in [6.07, 6.45) is 4.12. The number of rotatable bonds is 5. The molecule has 0 aromatic heterocycles. The zero-order valence-corrected chi connectivity index (χ0v) is 12.0. The van der Waals surface area contributed by atoms with Crippen LogP contribution in [0, 0.1) is 5.92 Å². The van der Waals surface area contributed by atoms with Gasteiger partial charge in [0, 0.05) is 6.04 Å². The largest absolute Gasteiger partial charge is 0.352 e. The quantitative estimate of drug-likeness (QED) is 0.762. The Morgan fingerprint density at radius 2 is 1.94 bits per heavy atom. The lowest BCUT2D eigenvalue weighted by Gasteiger charge is -2.31. The average Bonchev–Trinajstić information content (AvgIpc) is 2.28. The van der Waals surface area contributed by atoms with Crippen molar-refractivity contribution in [3.05, 3.63) is 0 Å². The summed E-state index contributed by atoms with van der Waals surface area (Å²) in [5, 5.41) is 2.32. The molecule has 0 aromatic rings. The van der Waals surface area contributed by atoms with E-state index in [1.54, 1.807) is 13.8 Å². The van der Waals surface area contributed by atoms with Crippen LogP contribution in [0.3, 0.4) is 0 Å². The molecule has 0 aromatic carbocycles. The van der Waals surface area contributed by atoms with Gasteiger partial charge >= 0.3 is 0 Å². The number of carbonyl (C=O) groups excluding carboxylic acids is 1. The Hall–Kier alpha value is -0.620. The summed E-state index contributed by atoms with van der Waals surface area (Å²) >= 11 is 0. The van der Waals surface area contributed by atoms with Gasteiger partial charge in [0.1, 0.15) is 5.75 Å². The topological polar surface area (TPSA) is 89.3 Å². The number of hydrogen-bond acceptors (Lipinski definition) is 4. The summed E-state index contributed by atoms with van der Waals surface area (Å²) < 4.78 is 23.3. The molecule has 0 aliphatic heterocycles. The smallest absolute Gasteiger partial charge is 0.235 e. The first-order chi connectivity index (χ1) is 8.36. The Labute approximate surface area is 109 Å². The third kappa shape index (κ3) is 4.24. The van der Waals surface area contributed by atoms with Crippen LogP contribution in [0.4, 0.5) is 0 Å². The second-order valence-electron chi connectivity index (χ2n) is 5.31. The third-order valence-electron chi connectivity index (χ3n) is 3.61. The number of nitrogens with one attached hydrogen (secondary N) is 1. The number of sulfone groups is 1. The number of amides is 1. The maximum Gasteiger partial charge on any atom is 0.235 e. The maximum atomic E-state index is 11.8. The SMILES string of the molecule is CC(C)S(=O)(=O)CC(=O)NC1CCCCC1CN. The maximum absolute atomic E-state index is 11.8. The van der Waals surface area contributed by atoms with Crippen LogP contribution in [-0.4, -0.2) is 37.9 Å². The molecule has 0 bridgehead atoms. The summed E-state index contributed by atoms with van der Waals surface area (Å²) in [6.45, 7) is 3.72. The molecule has 18 heavy (non-hydrogen) atoms. The fourth-order valence-electron chi connectivity index (χ4n) is 2.28. The van der Waals surface area contributed by atoms with Gasteiger partial charge in [-0.3, -0.25) is 4.79 Å². The van der Waals surface area contributed by atoms with Gasteiger partial charge in [-0.2, -0.15) is 0 Å². The molecule has 1 saturated carbocycles. The molecular weight excluding hydrogens is 252 g/mol. The van der Waals surface area contributed by atoms with Crippen molar-refractivity contribution >= 4 is 15.7 Å². The summed E-state index contributed by atoms with van der Waals surface area (Å²) in [6, 6.07) is 0.0404. The molecule has 2 unspecified atom stereocenters. The van der Waals surface area contributed by atoms with E-state index in [1.807, 2.05) is 0 Å². The normalized spacial score (nSPS) is 25.1.